The molecule has 1 aliphatic carbocycles. The van der Waals surface area contributed by atoms with Gasteiger partial charge < -0.3 is 10.4 Å². The molecule has 0 spiro atoms. The molecule has 1 atom stereocenters. The van der Waals surface area contributed by atoms with E-state index < -0.39 is 6.10 Å². The number of anilines is 1. The zero-order valence-corrected chi connectivity index (χ0v) is 10.4. The Morgan fingerprint density at radius 2 is 2.41 bits per heavy atom. The fourth-order valence-electron chi connectivity index (χ4n) is 1.55. The van der Waals surface area contributed by atoms with Crippen molar-refractivity contribution < 1.29 is 9.90 Å². The second-order valence-corrected chi connectivity index (χ2v) is 4.69. The van der Waals surface area contributed by atoms with E-state index >= 15 is 0 Å². The van der Waals surface area contributed by atoms with Gasteiger partial charge in [-0.2, -0.15) is 0 Å². The number of rotatable bonds is 4. The van der Waals surface area contributed by atoms with Gasteiger partial charge in [-0.1, -0.05) is 18.5 Å². The standard InChI is InChI=1S/C12H15ClN2O2/c1-2-10(16)8-6-14-11(5-9(8)13)15-12(17)7-3-4-7/h5-7,10,16H,2-4H2,1H3,(H,14,15,17). The molecule has 1 amide bonds. The summed E-state index contributed by atoms with van der Waals surface area (Å²) in [5, 5.41) is 12.8. The summed E-state index contributed by atoms with van der Waals surface area (Å²) in [4.78, 5) is 15.6. The van der Waals surface area contributed by atoms with Crippen molar-refractivity contribution in [3.05, 3.63) is 22.8 Å². The van der Waals surface area contributed by atoms with E-state index in [0.29, 0.717) is 22.8 Å². The van der Waals surface area contributed by atoms with Crippen molar-refractivity contribution in [2.24, 2.45) is 5.92 Å². The first-order valence-electron chi connectivity index (χ1n) is 5.76. The quantitative estimate of drug-likeness (QED) is 0.868. The van der Waals surface area contributed by atoms with Gasteiger partial charge in [-0.3, -0.25) is 4.79 Å². The zero-order valence-electron chi connectivity index (χ0n) is 9.61. The molecule has 17 heavy (non-hydrogen) atoms. The SMILES string of the molecule is CCC(O)c1cnc(NC(=O)C2CC2)cc1Cl. The van der Waals surface area contributed by atoms with Crippen LogP contribution in [-0.4, -0.2) is 16.0 Å². The predicted octanol–water partition coefficient (Wildman–Crippen LogP) is 2.53. The van der Waals surface area contributed by atoms with E-state index in [-0.39, 0.29) is 11.8 Å². The molecular formula is C12H15ClN2O2. The number of carbonyl (C=O) groups is 1. The number of aromatic nitrogens is 1. The second kappa shape index (κ2) is 5.02. The van der Waals surface area contributed by atoms with Gasteiger partial charge in [0.2, 0.25) is 5.91 Å². The van der Waals surface area contributed by atoms with Crippen LogP contribution in [0, 0.1) is 5.92 Å². The van der Waals surface area contributed by atoms with Gasteiger partial charge in [-0.15, -0.1) is 0 Å². The number of hydrogen-bond donors (Lipinski definition) is 2. The molecule has 0 bridgehead atoms. The van der Waals surface area contributed by atoms with Gasteiger partial charge in [0.05, 0.1) is 11.1 Å². The zero-order chi connectivity index (χ0) is 12.4. The van der Waals surface area contributed by atoms with Crippen LogP contribution in [0.1, 0.15) is 37.9 Å². The average molecular weight is 255 g/mol. The van der Waals surface area contributed by atoms with E-state index in [1.165, 1.54) is 6.20 Å². The maximum atomic E-state index is 11.5. The summed E-state index contributed by atoms with van der Waals surface area (Å²) in [5.41, 5.74) is 0.596. The lowest BCUT2D eigenvalue weighted by molar-refractivity contribution is -0.117. The Balaban J connectivity index is 2.09. The van der Waals surface area contributed by atoms with E-state index in [1.807, 2.05) is 6.92 Å². The number of aliphatic hydroxyl groups excluding tert-OH is 1. The second-order valence-electron chi connectivity index (χ2n) is 4.28. The molecule has 0 aromatic carbocycles. The topological polar surface area (TPSA) is 62.2 Å². The van der Waals surface area contributed by atoms with Crippen LogP contribution in [0.15, 0.2) is 12.3 Å². The maximum Gasteiger partial charge on any atom is 0.228 e. The Labute approximate surface area is 105 Å². The molecule has 1 fully saturated rings. The molecular weight excluding hydrogens is 240 g/mol. The number of nitrogens with one attached hydrogen (secondary N) is 1. The van der Waals surface area contributed by atoms with Crippen LogP contribution in [0.3, 0.4) is 0 Å². The van der Waals surface area contributed by atoms with Crippen molar-refractivity contribution in [3.63, 3.8) is 0 Å². The lowest BCUT2D eigenvalue weighted by Crippen LogP contribution is -2.14. The van der Waals surface area contributed by atoms with E-state index in [0.717, 1.165) is 12.8 Å². The first kappa shape index (κ1) is 12.3. The lowest BCUT2D eigenvalue weighted by atomic mass is 10.1. The third kappa shape index (κ3) is 2.96. The number of halogens is 1. The summed E-state index contributed by atoms with van der Waals surface area (Å²) in [6.07, 6.45) is 3.38. The van der Waals surface area contributed by atoms with Gasteiger partial charge in [0.25, 0.3) is 0 Å². The highest BCUT2D eigenvalue weighted by molar-refractivity contribution is 6.31. The van der Waals surface area contributed by atoms with Crippen molar-refractivity contribution >= 4 is 23.3 Å². The predicted molar refractivity (Wildman–Crippen MR) is 65.9 cm³/mol. The summed E-state index contributed by atoms with van der Waals surface area (Å²) in [6, 6.07) is 1.58. The Bertz CT molecular complexity index is 433. The third-order valence-electron chi connectivity index (χ3n) is 2.83. The maximum absolute atomic E-state index is 11.5. The van der Waals surface area contributed by atoms with Crippen LogP contribution in [0.25, 0.3) is 0 Å². The molecule has 1 aliphatic rings. The molecule has 1 unspecified atom stereocenters. The van der Waals surface area contributed by atoms with Crippen LogP contribution >= 0.6 is 11.6 Å². The minimum absolute atomic E-state index is 0.00245. The van der Waals surface area contributed by atoms with E-state index in [1.54, 1.807) is 6.07 Å². The largest absolute Gasteiger partial charge is 0.388 e. The van der Waals surface area contributed by atoms with Gasteiger partial charge in [0.1, 0.15) is 5.82 Å². The fourth-order valence-corrected chi connectivity index (χ4v) is 1.83. The van der Waals surface area contributed by atoms with Crippen LogP contribution in [0.2, 0.25) is 5.02 Å². The number of aliphatic hydroxyl groups is 1. The van der Waals surface area contributed by atoms with Crippen molar-refractivity contribution in [1.29, 1.82) is 0 Å². The third-order valence-corrected chi connectivity index (χ3v) is 3.15. The molecule has 0 radical (unpaired) electrons. The normalized spacial score (nSPS) is 16.6. The van der Waals surface area contributed by atoms with Crippen LogP contribution < -0.4 is 5.32 Å². The van der Waals surface area contributed by atoms with Gasteiger partial charge in [-0.05, 0) is 25.3 Å². The molecule has 1 aromatic heterocycles. The molecule has 0 aliphatic heterocycles. The van der Waals surface area contributed by atoms with Gasteiger partial charge >= 0.3 is 0 Å². The Kier molecular flexibility index (Phi) is 3.64. The first-order valence-corrected chi connectivity index (χ1v) is 6.14. The summed E-state index contributed by atoms with van der Waals surface area (Å²) in [7, 11) is 0. The van der Waals surface area contributed by atoms with Crippen molar-refractivity contribution in [1.82, 2.24) is 4.98 Å². The van der Waals surface area contributed by atoms with Crippen LogP contribution in [0.5, 0.6) is 0 Å². The summed E-state index contributed by atoms with van der Waals surface area (Å²) in [6.45, 7) is 1.86. The molecule has 2 rings (SSSR count). The molecule has 2 N–H and O–H groups in total. The Hall–Kier alpha value is -1.13. The minimum Gasteiger partial charge on any atom is -0.388 e. The lowest BCUT2D eigenvalue weighted by Gasteiger charge is -2.11. The van der Waals surface area contributed by atoms with Crippen LogP contribution in [-0.2, 0) is 4.79 Å². The highest BCUT2D eigenvalue weighted by Crippen LogP contribution is 2.31. The first-order chi connectivity index (χ1) is 8.11. The Morgan fingerprint density at radius 1 is 1.71 bits per heavy atom. The molecule has 0 saturated heterocycles. The monoisotopic (exact) mass is 254 g/mol. The molecule has 92 valence electrons. The average Bonchev–Trinajstić information content (AvgIpc) is 3.12. The minimum atomic E-state index is -0.608. The van der Waals surface area contributed by atoms with Gasteiger partial charge in [-0.25, -0.2) is 4.98 Å². The van der Waals surface area contributed by atoms with Gasteiger partial charge in [0.15, 0.2) is 0 Å². The van der Waals surface area contributed by atoms with Crippen molar-refractivity contribution in [3.8, 4) is 0 Å². The molecule has 1 heterocycles. The highest BCUT2D eigenvalue weighted by atomic mass is 35.5. The van der Waals surface area contributed by atoms with Crippen molar-refractivity contribution in [2.45, 2.75) is 32.3 Å². The molecule has 1 saturated carbocycles. The number of carbonyl (C=O) groups excluding carboxylic acids is 1. The van der Waals surface area contributed by atoms with Crippen molar-refractivity contribution in [2.75, 3.05) is 5.32 Å². The molecule has 5 heteroatoms. The molecule has 4 nitrogen and oxygen atoms in total. The number of pyridine rings is 1. The van der Waals surface area contributed by atoms with Gasteiger partial charge in [0, 0.05) is 17.7 Å². The number of hydrogen-bond acceptors (Lipinski definition) is 3. The summed E-state index contributed by atoms with van der Waals surface area (Å²) in [5.74, 6) is 0.577. The number of nitrogens with zero attached hydrogens (tertiary/aromatic N) is 1. The number of amides is 1. The summed E-state index contributed by atoms with van der Waals surface area (Å²) >= 11 is 6.03. The summed E-state index contributed by atoms with van der Waals surface area (Å²) < 4.78 is 0. The van der Waals surface area contributed by atoms with E-state index in [9.17, 15) is 9.90 Å². The van der Waals surface area contributed by atoms with E-state index in [4.69, 9.17) is 11.6 Å². The van der Waals surface area contributed by atoms with E-state index in [2.05, 4.69) is 10.3 Å². The smallest absolute Gasteiger partial charge is 0.228 e. The molecule has 1 aromatic rings. The van der Waals surface area contributed by atoms with Crippen LogP contribution in [0.4, 0.5) is 5.82 Å². The highest BCUT2D eigenvalue weighted by Gasteiger charge is 2.29. The fraction of sp³-hybridized carbons (Fsp3) is 0.500. The Morgan fingerprint density at radius 3 is 2.94 bits per heavy atom.